The van der Waals surface area contributed by atoms with Crippen LogP contribution in [-0.4, -0.2) is 13.1 Å². The topological polar surface area (TPSA) is 50.1 Å². The van der Waals surface area contributed by atoms with E-state index in [0.29, 0.717) is 0 Å². The third-order valence-corrected chi connectivity index (χ3v) is 2.11. The van der Waals surface area contributed by atoms with E-state index >= 15 is 0 Å². The van der Waals surface area contributed by atoms with Crippen LogP contribution < -0.4 is 0 Å². The fraction of sp³-hybridized carbons (Fsp3) is 0.273. The SMILES string of the molecule is COC(=O)c1cc(C)cc(C(F)(F)F)c1C#N. The summed E-state index contributed by atoms with van der Waals surface area (Å²) in [5.41, 5.74) is -1.98. The molecule has 0 unspecified atom stereocenters. The molecule has 0 fully saturated rings. The number of nitrogens with zero attached hydrogens (tertiary/aromatic N) is 1. The van der Waals surface area contributed by atoms with Gasteiger partial charge in [-0.15, -0.1) is 0 Å². The van der Waals surface area contributed by atoms with E-state index in [4.69, 9.17) is 5.26 Å². The first kappa shape index (κ1) is 13.0. The minimum Gasteiger partial charge on any atom is -0.465 e. The van der Waals surface area contributed by atoms with Gasteiger partial charge >= 0.3 is 12.1 Å². The van der Waals surface area contributed by atoms with Crippen LogP contribution in [0.5, 0.6) is 0 Å². The normalized spacial score (nSPS) is 10.8. The number of carbonyl (C=O) groups excluding carboxylic acids is 1. The van der Waals surface area contributed by atoms with E-state index in [-0.39, 0.29) is 11.1 Å². The summed E-state index contributed by atoms with van der Waals surface area (Å²) in [7, 11) is 1.04. The maximum atomic E-state index is 12.7. The molecule has 90 valence electrons. The molecule has 1 aromatic carbocycles. The molecule has 1 aromatic rings. The minimum atomic E-state index is -4.68. The third kappa shape index (κ3) is 2.56. The van der Waals surface area contributed by atoms with Gasteiger partial charge in [0.25, 0.3) is 0 Å². The molecule has 0 spiro atoms. The van der Waals surface area contributed by atoms with Gasteiger partial charge in [0.15, 0.2) is 0 Å². The molecule has 0 heterocycles. The van der Waals surface area contributed by atoms with Crippen LogP contribution in [-0.2, 0) is 10.9 Å². The van der Waals surface area contributed by atoms with Gasteiger partial charge in [0, 0.05) is 0 Å². The number of alkyl halides is 3. The number of rotatable bonds is 1. The van der Waals surface area contributed by atoms with Gasteiger partial charge in [0.05, 0.1) is 23.8 Å². The molecular formula is C11H8F3NO2. The van der Waals surface area contributed by atoms with Crippen molar-refractivity contribution in [1.82, 2.24) is 0 Å². The number of halogens is 3. The molecule has 0 atom stereocenters. The molecule has 0 aliphatic rings. The Bertz CT molecular complexity index is 501. The number of hydrogen-bond donors (Lipinski definition) is 0. The molecule has 6 heteroatoms. The summed E-state index contributed by atoms with van der Waals surface area (Å²) in [5.74, 6) is -0.962. The molecule has 0 N–H and O–H groups in total. The van der Waals surface area contributed by atoms with Crippen molar-refractivity contribution < 1.29 is 22.7 Å². The lowest BCUT2D eigenvalue weighted by Gasteiger charge is -2.12. The van der Waals surface area contributed by atoms with Gasteiger partial charge in [-0.25, -0.2) is 4.79 Å². The summed E-state index contributed by atoms with van der Waals surface area (Å²) in [5, 5.41) is 8.74. The van der Waals surface area contributed by atoms with E-state index in [1.807, 2.05) is 0 Å². The number of carbonyl (C=O) groups is 1. The van der Waals surface area contributed by atoms with E-state index in [0.717, 1.165) is 13.2 Å². The maximum Gasteiger partial charge on any atom is 0.417 e. The summed E-state index contributed by atoms with van der Waals surface area (Å²) in [4.78, 5) is 11.3. The number of benzene rings is 1. The maximum absolute atomic E-state index is 12.7. The molecule has 0 radical (unpaired) electrons. The summed E-state index contributed by atoms with van der Waals surface area (Å²) >= 11 is 0. The average molecular weight is 243 g/mol. The summed E-state index contributed by atoms with van der Waals surface area (Å²) in [6, 6.07) is 3.41. The zero-order valence-corrected chi connectivity index (χ0v) is 9.05. The molecule has 0 aliphatic heterocycles. The Balaban J connectivity index is 3.59. The number of ether oxygens (including phenoxy) is 1. The Morgan fingerprint density at radius 2 is 2.00 bits per heavy atom. The van der Waals surface area contributed by atoms with Gasteiger partial charge in [-0.1, -0.05) is 0 Å². The predicted molar refractivity (Wildman–Crippen MR) is 52.2 cm³/mol. The quantitative estimate of drug-likeness (QED) is 0.712. The molecule has 3 nitrogen and oxygen atoms in total. The highest BCUT2D eigenvalue weighted by Crippen LogP contribution is 2.34. The second-order valence-corrected chi connectivity index (χ2v) is 3.34. The number of aryl methyl sites for hydroxylation is 1. The number of hydrogen-bond acceptors (Lipinski definition) is 3. The summed E-state index contributed by atoms with van der Waals surface area (Å²) in [6.07, 6.45) is -4.68. The third-order valence-electron chi connectivity index (χ3n) is 2.11. The van der Waals surface area contributed by atoms with Crippen molar-refractivity contribution >= 4 is 5.97 Å². The van der Waals surface area contributed by atoms with Crippen molar-refractivity contribution in [3.05, 3.63) is 34.4 Å². The lowest BCUT2D eigenvalue weighted by atomic mass is 9.98. The first-order valence-electron chi connectivity index (χ1n) is 4.51. The second-order valence-electron chi connectivity index (χ2n) is 3.34. The van der Waals surface area contributed by atoms with E-state index in [9.17, 15) is 18.0 Å². The van der Waals surface area contributed by atoms with Gasteiger partial charge in [-0.3, -0.25) is 0 Å². The number of nitriles is 1. The Kier molecular flexibility index (Phi) is 3.42. The summed E-state index contributed by atoms with van der Waals surface area (Å²) in [6.45, 7) is 1.41. The Hall–Kier alpha value is -2.03. The highest BCUT2D eigenvalue weighted by atomic mass is 19.4. The van der Waals surface area contributed by atoms with Crippen molar-refractivity contribution in [2.24, 2.45) is 0 Å². The fourth-order valence-corrected chi connectivity index (χ4v) is 1.40. The molecule has 1 rings (SSSR count). The highest BCUT2D eigenvalue weighted by Gasteiger charge is 2.36. The Morgan fingerprint density at radius 1 is 1.41 bits per heavy atom. The zero-order chi connectivity index (χ0) is 13.2. The number of esters is 1. The molecule has 0 aliphatic carbocycles. The number of methoxy groups -OCH3 is 1. The molecule has 0 aromatic heterocycles. The minimum absolute atomic E-state index is 0.233. The average Bonchev–Trinajstić information content (AvgIpc) is 2.25. The van der Waals surface area contributed by atoms with Crippen LogP contribution in [0.15, 0.2) is 12.1 Å². The van der Waals surface area contributed by atoms with Crippen LogP contribution in [0.3, 0.4) is 0 Å². The van der Waals surface area contributed by atoms with Crippen molar-refractivity contribution in [1.29, 1.82) is 5.26 Å². The van der Waals surface area contributed by atoms with Crippen molar-refractivity contribution in [3.8, 4) is 6.07 Å². The smallest absolute Gasteiger partial charge is 0.417 e. The van der Waals surface area contributed by atoms with Gasteiger partial charge in [0.1, 0.15) is 6.07 Å². The van der Waals surface area contributed by atoms with Gasteiger partial charge in [0.2, 0.25) is 0 Å². The lowest BCUT2D eigenvalue weighted by molar-refractivity contribution is -0.137. The predicted octanol–water partition coefficient (Wildman–Crippen LogP) is 2.67. The second kappa shape index (κ2) is 4.45. The van der Waals surface area contributed by atoms with E-state index in [2.05, 4.69) is 4.74 Å². The Labute approximate surface area is 95.4 Å². The standard InChI is InChI=1S/C11H8F3NO2/c1-6-3-7(10(16)17-2)8(5-15)9(4-6)11(12,13)14/h3-4H,1-2H3. The van der Waals surface area contributed by atoms with Gasteiger partial charge < -0.3 is 4.74 Å². The molecule has 17 heavy (non-hydrogen) atoms. The van der Waals surface area contributed by atoms with Crippen LogP contribution in [0.1, 0.15) is 27.0 Å². The molecule has 0 amide bonds. The monoisotopic (exact) mass is 243 g/mol. The summed E-state index contributed by atoms with van der Waals surface area (Å²) < 4.78 is 42.3. The molecule has 0 saturated heterocycles. The lowest BCUT2D eigenvalue weighted by Crippen LogP contribution is -2.13. The van der Waals surface area contributed by atoms with Gasteiger partial charge in [-0.05, 0) is 24.6 Å². The van der Waals surface area contributed by atoms with E-state index < -0.39 is 23.3 Å². The first-order chi connectivity index (χ1) is 7.81. The zero-order valence-electron chi connectivity index (χ0n) is 9.05. The van der Waals surface area contributed by atoms with Crippen molar-refractivity contribution in [2.45, 2.75) is 13.1 Å². The van der Waals surface area contributed by atoms with Crippen molar-refractivity contribution in [3.63, 3.8) is 0 Å². The molecule has 0 saturated carbocycles. The van der Waals surface area contributed by atoms with Crippen LogP contribution in [0, 0.1) is 18.3 Å². The van der Waals surface area contributed by atoms with E-state index in [1.54, 1.807) is 0 Å². The van der Waals surface area contributed by atoms with E-state index in [1.165, 1.54) is 19.1 Å². The largest absolute Gasteiger partial charge is 0.465 e. The van der Waals surface area contributed by atoms with Crippen LogP contribution in [0.4, 0.5) is 13.2 Å². The molecular weight excluding hydrogens is 235 g/mol. The highest BCUT2D eigenvalue weighted by molar-refractivity contribution is 5.93. The fourth-order valence-electron chi connectivity index (χ4n) is 1.40. The van der Waals surface area contributed by atoms with Crippen LogP contribution >= 0.6 is 0 Å². The van der Waals surface area contributed by atoms with Crippen LogP contribution in [0.25, 0.3) is 0 Å². The molecule has 0 bridgehead atoms. The van der Waals surface area contributed by atoms with Crippen molar-refractivity contribution in [2.75, 3.05) is 7.11 Å². The van der Waals surface area contributed by atoms with Gasteiger partial charge in [-0.2, -0.15) is 18.4 Å². The van der Waals surface area contributed by atoms with Crippen LogP contribution in [0.2, 0.25) is 0 Å². The Morgan fingerprint density at radius 3 is 2.41 bits per heavy atom. The first-order valence-corrected chi connectivity index (χ1v) is 4.51.